The van der Waals surface area contributed by atoms with Crippen LogP contribution in [0.5, 0.6) is 11.5 Å². The fraction of sp³-hybridized carbons (Fsp3) is 0.375. The van der Waals surface area contributed by atoms with Crippen LogP contribution in [0.15, 0.2) is 42.5 Å². The van der Waals surface area contributed by atoms with Crippen molar-refractivity contribution in [1.29, 1.82) is 0 Å². The van der Waals surface area contributed by atoms with Gasteiger partial charge in [0.05, 0.1) is 12.7 Å². The molecule has 0 atom stereocenters. The number of hydrogen-bond donors (Lipinski definition) is 1. The first-order valence-corrected chi connectivity index (χ1v) is 10.8. The Balaban J connectivity index is 1.52. The minimum Gasteiger partial charge on any atom is -0.493 e. The Morgan fingerprint density at radius 1 is 0.939 bits per heavy atom. The highest BCUT2D eigenvalue weighted by Gasteiger charge is 2.19. The van der Waals surface area contributed by atoms with Crippen LogP contribution < -0.4 is 14.8 Å². The van der Waals surface area contributed by atoms with Gasteiger partial charge >= 0.3 is 5.97 Å². The first-order valence-electron chi connectivity index (χ1n) is 10.8. The molecule has 0 aliphatic carbocycles. The Morgan fingerprint density at radius 3 is 2.30 bits per heavy atom. The van der Waals surface area contributed by atoms with E-state index in [1.807, 2.05) is 0 Å². The van der Waals surface area contributed by atoms with Crippen LogP contribution in [0, 0.1) is 5.82 Å². The number of anilines is 1. The Kier molecular flexibility index (Phi) is 8.63. The van der Waals surface area contributed by atoms with E-state index in [9.17, 15) is 18.8 Å². The Morgan fingerprint density at radius 2 is 1.64 bits per heavy atom. The molecule has 0 unspecified atom stereocenters. The molecule has 2 aromatic rings. The SMILES string of the molecule is COc1cc(C(=O)OCC(=O)N2CCCCCC2)ccc1OCC(=O)Nc1ccc(F)cc1. The number of carbonyl (C=O) groups excluding carboxylic acids is 3. The van der Waals surface area contributed by atoms with Crippen LogP contribution in [0.3, 0.4) is 0 Å². The predicted molar refractivity (Wildman–Crippen MR) is 119 cm³/mol. The number of likely N-dealkylation sites (tertiary alicyclic amines) is 1. The number of benzene rings is 2. The number of rotatable bonds is 8. The summed E-state index contributed by atoms with van der Waals surface area (Å²) >= 11 is 0. The molecular weight excluding hydrogens is 431 g/mol. The summed E-state index contributed by atoms with van der Waals surface area (Å²) in [5, 5.41) is 2.58. The van der Waals surface area contributed by atoms with E-state index in [0.29, 0.717) is 18.8 Å². The summed E-state index contributed by atoms with van der Waals surface area (Å²) in [5.74, 6) is -1.22. The minimum atomic E-state index is -0.655. The molecule has 0 spiro atoms. The zero-order valence-corrected chi connectivity index (χ0v) is 18.5. The van der Waals surface area contributed by atoms with Gasteiger partial charge < -0.3 is 24.4 Å². The lowest BCUT2D eigenvalue weighted by Crippen LogP contribution is -2.35. The van der Waals surface area contributed by atoms with Gasteiger partial charge in [-0.05, 0) is 55.3 Å². The van der Waals surface area contributed by atoms with Crippen LogP contribution in [-0.2, 0) is 14.3 Å². The van der Waals surface area contributed by atoms with Crippen LogP contribution >= 0.6 is 0 Å². The number of halogens is 1. The van der Waals surface area contributed by atoms with Crippen molar-refractivity contribution in [3.63, 3.8) is 0 Å². The number of carbonyl (C=O) groups is 3. The second kappa shape index (κ2) is 11.8. The molecule has 176 valence electrons. The number of hydrogen-bond acceptors (Lipinski definition) is 6. The van der Waals surface area contributed by atoms with Crippen LogP contribution in [0.2, 0.25) is 0 Å². The van der Waals surface area contributed by atoms with Gasteiger partial charge in [0.25, 0.3) is 11.8 Å². The van der Waals surface area contributed by atoms with Crippen molar-refractivity contribution in [2.45, 2.75) is 25.7 Å². The maximum Gasteiger partial charge on any atom is 0.338 e. The lowest BCUT2D eigenvalue weighted by atomic mass is 10.2. The summed E-state index contributed by atoms with van der Waals surface area (Å²) < 4.78 is 28.9. The summed E-state index contributed by atoms with van der Waals surface area (Å²) in [4.78, 5) is 38.5. The maximum absolute atomic E-state index is 13.0. The van der Waals surface area contributed by atoms with E-state index in [2.05, 4.69) is 5.32 Å². The largest absolute Gasteiger partial charge is 0.493 e. The molecular formula is C24H27FN2O6. The Hall–Kier alpha value is -3.62. The molecule has 1 aliphatic rings. The summed E-state index contributed by atoms with van der Waals surface area (Å²) in [6.07, 6.45) is 4.12. The topological polar surface area (TPSA) is 94.2 Å². The molecule has 3 rings (SSSR count). The summed E-state index contributed by atoms with van der Waals surface area (Å²) in [5.41, 5.74) is 0.628. The molecule has 1 N–H and O–H groups in total. The fourth-order valence-electron chi connectivity index (χ4n) is 3.41. The molecule has 8 nitrogen and oxygen atoms in total. The lowest BCUT2D eigenvalue weighted by molar-refractivity contribution is -0.134. The smallest absolute Gasteiger partial charge is 0.338 e. The highest BCUT2D eigenvalue weighted by atomic mass is 19.1. The van der Waals surface area contributed by atoms with E-state index in [1.165, 1.54) is 49.6 Å². The highest BCUT2D eigenvalue weighted by molar-refractivity contribution is 5.93. The van der Waals surface area contributed by atoms with E-state index < -0.39 is 17.7 Å². The van der Waals surface area contributed by atoms with Gasteiger partial charge in [-0.15, -0.1) is 0 Å². The fourth-order valence-corrected chi connectivity index (χ4v) is 3.41. The normalized spacial score (nSPS) is 13.6. The Bertz CT molecular complexity index is 971. The van der Waals surface area contributed by atoms with Crippen LogP contribution in [0.25, 0.3) is 0 Å². The average Bonchev–Trinajstić information content (AvgIpc) is 3.12. The third kappa shape index (κ3) is 7.20. The zero-order valence-electron chi connectivity index (χ0n) is 18.5. The van der Waals surface area contributed by atoms with E-state index in [4.69, 9.17) is 14.2 Å². The number of amides is 2. The van der Waals surface area contributed by atoms with Crippen molar-refractivity contribution in [2.24, 2.45) is 0 Å². The number of ether oxygens (including phenoxy) is 3. The van der Waals surface area contributed by atoms with Gasteiger partial charge in [0.15, 0.2) is 24.7 Å². The van der Waals surface area contributed by atoms with Gasteiger partial charge in [-0.25, -0.2) is 9.18 Å². The van der Waals surface area contributed by atoms with Gasteiger partial charge in [0, 0.05) is 18.8 Å². The lowest BCUT2D eigenvalue weighted by Gasteiger charge is -2.20. The van der Waals surface area contributed by atoms with E-state index >= 15 is 0 Å². The first kappa shape index (κ1) is 24.0. The molecule has 2 amide bonds. The van der Waals surface area contributed by atoms with E-state index in [1.54, 1.807) is 4.90 Å². The number of nitrogens with zero attached hydrogens (tertiary/aromatic N) is 1. The predicted octanol–water partition coefficient (Wildman–Crippen LogP) is 3.41. The summed E-state index contributed by atoms with van der Waals surface area (Å²) in [6, 6.07) is 9.72. The van der Waals surface area contributed by atoms with Crippen molar-refractivity contribution in [2.75, 3.05) is 38.7 Å². The number of methoxy groups -OCH3 is 1. The molecule has 0 bridgehead atoms. The summed E-state index contributed by atoms with van der Waals surface area (Å²) in [6.45, 7) is 0.737. The third-order valence-electron chi connectivity index (χ3n) is 5.17. The maximum atomic E-state index is 13.0. The number of esters is 1. The molecule has 1 saturated heterocycles. The standard InChI is InChI=1S/C24H27FN2O6/c1-31-21-14-17(24(30)33-16-23(29)27-12-4-2-3-5-13-27)6-11-20(21)32-15-22(28)26-19-9-7-18(25)8-10-19/h6-11,14H,2-5,12-13,15-16H2,1H3,(H,26,28). The van der Waals surface area contributed by atoms with E-state index in [0.717, 1.165) is 25.7 Å². The Labute approximate surface area is 191 Å². The molecule has 33 heavy (non-hydrogen) atoms. The molecule has 1 fully saturated rings. The molecule has 0 saturated carbocycles. The van der Waals surface area contributed by atoms with Gasteiger partial charge in [-0.1, -0.05) is 12.8 Å². The van der Waals surface area contributed by atoms with Gasteiger partial charge in [-0.2, -0.15) is 0 Å². The third-order valence-corrected chi connectivity index (χ3v) is 5.17. The molecule has 1 heterocycles. The van der Waals surface area contributed by atoms with Crippen molar-refractivity contribution in [3.05, 3.63) is 53.8 Å². The van der Waals surface area contributed by atoms with Crippen LogP contribution in [-0.4, -0.2) is 56.1 Å². The van der Waals surface area contributed by atoms with Gasteiger partial charge in [-0.3, -0.25) is 9.59 Å². The molecule has 1 aliphatic heterocycles. The molecule has 0 aromatic heterocycles. The minimum absolute atomic E-state index is 0.193. The van der Waals surface area contributed by atoms with E-state index in [-0.39, 0.29) is 36.2 Å². The molecule has 0 radical (unpaired) electrons. The monoisotopic (exact) mass is 458 g/mol. The molecule has 9 heteroatoms. The van der Waals surface area contributed by atoms with Crippen LogP contribution in [0.1, 0.15) is 36.0 Å². The van der Waals surface area contributed by atoms with Crippen molar-refractivity contribution < 1.29 is 33.0 Å². The van der Waals surface area contributed by atoms with Crippen molar-refractivity contribution in [3.8, 4) is 11.5 Å². The van der Waals surface area contributed by atoms with Gasteiger partial charge in [0.1, 0.15) is 5.82 Å². The zero-order chi connectivity index (χ0) is 23.6. The average molecular weight is 458 g/mol. The van der Waals surface area contributed by atoms with Gasteiger partial charge in [0.2, 0.25) is 0 Å². The second-order valence-corrected chi connectivity index (χ2v) is 7.58. The second-order valence-electron chi connectivity index (χ2n) is 7.58. The number of nitrogens with one attached hydrogen (secondary N) is 1. The summed E-state index contributed by atoms with van der Waals surface area (Å²) in [7, 11) is 1.40. The highest BCUT2D eigenvalue weighted by Crippen LogP contribution is 2.28. The van der Waals surface area contributed by atoms with Crippen molar-refractivity contribution >= 4 is 23.5 Å². The molecule has 2 aromatic carbocycles. The quantitative estimate of drug-likeness (QED) is 0.610. The van der Waals surface area contributed by atoms with Crippen molar-refractivity contribution in [1.82, 2.24) is 4.90 Å². The van der Waals surface area contributed by atoms with Crippen LogP contribution in [0.4, 0.5) is 10.1 Å². The first-order chi connectivity index (χ1) is 16.0.